The molecule has 0 amide bonds. The van der Waals surface area contributed by atoms with Gasteiger partial charge in [-0.2, -0.15) is 8.42 Å². The summed E-state index contributed by atoms with van der Waals surface area (Å²) in [5, 5.41) is 12.4. The van der Waals surface area contributed by atoms with Crippen LogP contribution in [-0.4, -0.2) is 29.2 Å². The van der Waals surface area contributed by atoms with E-state index < -0.39 is 10.4 Å². The van der Waals surface area contributed by atoms with E-state index >= 15 is 0 Å². The van der Waals surface area contributed by atoms with E-state index in [1.54, 1.807) is 6.07 Å². The normalized spacial score (nSPS) is 10.2. The zero-order chi connectivity index (χ0) is 12.8. The Bertz CT molecular complexity index is 422. The molecule has 0 aromatic heterocycles. The first-order valence-corrected chi connectivity index (χ1v) is 5.87. The van der Waals surface area contributed by atoms with Crippen molar-refractivity contribution in [2.45, 2.75) is 13.8 Å². The largest absolute Gasteiger partial charge is 0.506 e. The molecule has 0 fully saturated rings. The van der Waals surface area contributed by atoms with Crippen LogP contribution in [0.15, 0.2) is 18.2 Å². The molecule has 4 N–H and O–H groups in total. The van der Waals surface area contributed by atoms with Crippen molar-refractivity contribution in [3.8, 4) is 5.75 Å². The van der Waals surface area contributed by atoms with E-state index in [1.165, 1.54) is 0 Å². The molecule has 0 atom stereocenters. The second-order valence-electron chi connectivity index (χ2n) is 3.00. The van der Waals surface area contributed by atoms with Crippen molar-refractivity contribution in [2.24, 2.45) is 0 Å². The Kier molecular flexibility index (Phi) is 5.79. The van der Waals surface area contributed by atoms with E-state index in [9.17, 15) is 5.11 Å². The van der Waals surface area contributed by atoms with Gasteiger partial charge in [0.25, 0.3) is 0 Å². The van der Waals surface area contributed by atoms with Crippen LogP contribution in [0.2, 0.25) is 0 Å². The van der Waals surface area contributed by atoms with E-state index in [4.69, 9.17) is 17.5 Å². The summed E-state index contributed by atoms with van der Waals surface area (Å²) in [6.45, 7) is 4.83. The quantitative estimate of drug-likeness (QED) is 0.467. The lowest BCUT2D eigenvalue weighted by Gasteiger charge is -2.05. The molecule has 0 aliphatic heterocycles. The van der Waals surface area contributed by atoms with Gasteiger partial charge in [-0.05, 0) is 31.5 Å². The number of aromatic hydroxyl groups is 1. The van der Waals surface area contributed by atoms with Crippen LogP contribution in [0.5, 0.6) is 5.75 Å². The minimum absolute atomic E-state index is 0.317. The summed E-state index contributed by atoms with van der Waals surface area (Å²) in [5.74, 6) is 0.317. The van der Waals surface area contributed by atoms with Gasteiger partial charge in [0.05, 0.1) is 5.69 Å². The summed E-state index contributed by atoms with van der Waals surface area (Å²) in [5.41, 5.74) is 1.96. The lowest BCUT2D eigenvalue weighted by Crippen LogP contribution is -1.96. The van der Waals surface area contributed by atoms with Crippen molar-refractivity contribution >= 4 is 16.1 Å². The molecule has 16 heavy (non-hydrogen) atoms. The van der Waals surface area contributed by atoms with E-state index in [2.05, 4.69) is 5.32 Å². The zero-order valence-corrected chi connectivity index (χ0v) is 9.82. The molecule has 92 valence electrons. The molecule has 0 unspecified atom stereocenters. The van der Waals surface area contributed by atoms with Gasteiger partial charge in [0.1, 0.15) is 5.75 Å². The minimum atomic E-state index is -4.67. The Morgan fingerprint density at radius 1 is 1.31 bits per heavy atom. The van der Waals surface area contributed by atoms with Crippen LogP contribution >= 0.6 is 0 Å². The highest BCUT2D eigenvalue weighted by Crippen LogP contribution is 2.23. The Morgan fingerprint density at radius 3 is 2.25 bits per heavy atom. The molecule has 1 rings (SSSR count). The molecular formula is C9H15NO5S. The topological polar surface area (TPSA) is 107 Å². The van der Waals surface area contributed by atoms with E-state index in [0.29, 0.717) is 5.75 Å². The van der Waals surface area contributed by atoms with Gasteiger partial charge in [-0.25, -0.2) is 0 Å². The average molecular weight is 249 g/mol. The summed E-state index contributed by atoms with van der Waals surface area (Å²) in [6.07, 6.45) is 0. The van der Waals surface area contributed by atoms with Gasteiger partial charge in [0, 0.05) is 6.54 Å². The van der Waals surface area contributed by atoms with Crippen molar-refractivity contribution in [1.29, 1.82) is 0 Å². The zero-order valence-electron chi connectivity index (χ0n) is 9.01. The van der Waals surface area contributed by atoms with Gasteiger partial charge in [-0.3, -0.25) is 9.11 Å². The molecule has 0 spiro atoms. The molecule has 7 heteroatoms. The highest BCUT2D eigenvalue weighted by Gasteiger charge is 1.97. The first-order valence-electron chi connectivity index (χ1n) is 4.47. The maximum Gasteiger partial charge on any atom is 0.394 e. The van der Waals surface area contributed by atoms with Crippen molar-refractivity contribution in [3.63, 3.8) is 0 Å². The molecule has 0 aliphatic rings. The fraction of sp³-hybridized carbons (Fsp3) is 0.333. The Balaban J connectivity index is 0.000000385. The second kappa shape index (κ2) is 6.31. The number of aryl methyl sites for hydroxylation is 1. The maximum absolute atomic E-state index is 9.30. The minimum Gasteiger partial charge on any atom is -0.506 e. The van der Waals surface area contributed by atoms with Crippen molar-refractivity contribution in [2.75, 3.05) is 11.9 Å². The number of phenols is 1. The number of rotatable bonds is 2. The molecular weight excluding hydrogens is 234 g/mol. The lowest BCUT2D eigenvalue weighted by molar-refractivity contribution is 0.381. The number of hydrogen-bond donors (Lipinski definition) is 4. The highest BCUT2D eigenvalue weighted by atomic mass is 32.3. The second-order valence-corrected chi connectivity index (χ2v) is 3.89. The van der Waals surface area contributed by atoms with E-state index in [1.807, 2.05) is 26.0 Å². The van der Waals surface area contributed by atoms with Crippen LogP contribution < -0.4 is 5.32 Å². The van der Waals surface area contributed by atoms with Crippen molar-refractivity contribution in [3.05, 3.63) is 23.8 Å². The van der Waals surface area contributed by atoms with Crippen molar-refractivity contribution in [1.82, 2.24) is 0 Å². The third-order valence-electron chi connectivity index (χ3n) is 1.52. The molecule has 1 aromatic carbocycles. The summed E-state index contributed by atoms with van der Waals surface area (Å²) in [4.78, 5) is 0. The molecule has 0 saturated carbocycles. The van der Waals surface area contributed by atoms with Crippen LogP contribution in [0.4, 0.5) is 5.69 Å². The fourth-order valence-corrected chi connectivity index (χ4v) is 0.982. The average Bonchev–Trinajstić information content (AvgIpc) is 2.09. The molecule has 0 aliphatic carbocycles. The Labute approximate surface area is 94.5 Å². The van der Waals surface area contributed by atoms with Crippen molar-refractivity contribution < 1.29 is 22.6 Å². The standard InChI is InChI=1S/C9H13NO.H2O4S/c1-3-10-8-6-7(2)4-5-9(8)11;1-5(2,3)4/h4-6,10-11H,3H2,1-2H3;(H2,1,2,3,4). The fourth-order valence-electron chi connectivity index (χ4n) is 0.982. The SMILES string of the molecule is CCNc1cc(C)ccc1O.O=S(=O)(O)O. The molecule has 1 aromatic rings. The molecule has 0 heterocycles. The monoisotopic (exact) mass is 249 g/mol. The smallest absolute Gasteiger partial charge is 0.394 e. The predicted octanol–water partition coefficient (Wildman–Crippen LogP) is 1.48. The lowest BCUT2D eigenvalue weighted by atomic mass is 10.2. The summed E-state index contributed by atoms with van der Waals surface area (Å²) >= 11 is 0. The summed E-state index contributed by atoms with van der Waals surface area (Å²) < 4.78 is 31.6. The van der Waals surface area contributed by atoms with Crippen LogP contribution in [0.25, 0.3) is 0 Å². The molecule has 0 saturated heterocycles. The van der Waals surface area contributed by atoms with Gasteiger partial charge in [-0.1, -0.05) is 6.07 Å². The Hall–Kier alpha value is -1.31. The van der Waals surface area contributed by atoms with Gasteiger partial charge in [-0.15, -0.1) is 0 Å². The number of nitrogens with one attached hydrogen (secondary N) is 1. The first kappa shape index (κ1) is 14.7. The summed E-state index contributed by atoms with van der Waals surface area (Å²) in [7, 11) is -4.67. The van der Waals surface area contributed by atoms with Gasteiger partial charge >= 0.3 is 10.4 Å². The number of phenolic OH excluding ortho intramolecular Hbond substituents is 1. The summed E-state index contributed by atoms with van der Waals surface area (Å²) in [6, 6.07) is 5.52. The maximum atomic E-state index is 9.30. The molecule has 0 bridgehead atoms. The van der Waals surface area contributed by atoms with Gasteiger partial charge in [0.2, 0.25) is 0 Å². The van der Waals surface area contributed by atoms with Crippen LogP contribution in [0.3, 0.4) is 0 Å². The third kappa shape index (κ3) is 8.04. The number of benzene rings is 1. The predicted molar refractivity (Wildman–Crippen MR) is 61.2 cm³/mol. The van der Waals surface area contributed by atoms with Crippen LogP contribution in [0, 0.1) is 6.92 Å². The molecule has 0 radical (unpaired) electrons. The highest BCUT2D eigenvalue weighted by molar-refractivity contribution is 7.79. The number of hydrogen-bond acceptors (Lipinski definition) is 4. The van der Waals surface area contributed by atoms with Gasteiger partial charge in [0.15, 0.2) is 0 Å². The van der Waals surface area contributed by atoms with E-state index in [-0.39, 0.29) is 0 Å². The van der Waals surface area contributed by atoms with Crippen LogP contribution in [0.1, 0.15) is 12.5 Å². The third-order valence-corrected chi connectivity index (χ3v) is 1.52. The van der Waals surface area contributed by atoms with Crippen LogP contribution in [-0.2, 0) is 10.4 Å². The van der Waals surface area contributed by atoms with Gasteiger partial charge < -0.3 is 10.4 Å². The Morgan fingerprint density at radius 2 is 1.81 bits per heavy atom. The van der Waals surface area contributed by atoms with E-state index in [0.717, 1.165) is 17.8 Å². The first-order chi connectivity index (χ1) is 7.24. The number of anilines is 1. The molecule has 6 nitrogen and oxygen atoms in total.